The Morgan fingerprint density at radius 3 is 2.50 bits per heavy atom. The summed E-state index contributed by atoms with van der Waals surface area (Å²) in [6.07, 6.45) is 0.394. The van der Waals surface area contributed by atoms with Gasteiger partial charge in [-0.2, -0.15) is 0 Å². The maximum Gasteiger partial charge on any atom is 0.251 e. The monoisotopic (exact) mass is 384 g/mol. The number of hydrogen-bond donors (Lipinski definition) is 1. The number of rotatable bonds is 5. The third-order valence-corrected chi connectivity index (χ3v) is 5.71. The van der Waals surface area contributed by atoms with E-state index >= 15 is 0 Å². The summed E-state index contributed by atoms with van der Waals surface area (Å²) in [5, 5.41) is 0.970. The molecule has 152 valence electrons. The Morgan fingerprint density at radius 2 is 1.86 bits per heavy atom. The van der Waals surface area contributed by atoms with Gasteiger partial charge in [-0.05, 0) is 64.0 Å². The molecule has 6 nitrogen and oxygen atoms in total. The van der Waals surface area contributed by atoms with Crippen LogP contribution in [0.1, 0.15) is 25.0 Å². The van der Waals surface area contributed by atoms with Crippen LogP contribution >= 0.6 is 0 Å². The molecular formula is C22H32N4O2. The van der Waals surface area contributed by atoms with Gasteiger partial charge in [0.1, 0.15) is 0 Å². The highest BCUT2D eigenvalue weighted by Gasteiger charge is 2.31. The number of benzene rings is 1. The molecule has 2 unspecified atom stereocenters. The molecule has 2 aromatic rings. The summed E-state index contributed by atoms with van der Waals surface area (Å²) in [7, 11) is 4.19. The Morgan fingerprint density at radius 1 is 1.18 bits per heavy atom. The predicted octanol–water partition coefficient (Wildman–Crippen LogP) is 1.86. The number of piperazine rings is 1. The number of fused-ring (bicyclic) bond motifs is 1. The second-order valence-electron chi connectivity index (χ2n) is 8.42. The highest BCUT2D eigenvalue weighted by atomic mass is 16.2. The molecule has 1 fully saturated rings. The Balaban J connectivity index is 1.67. The van der Waals surface area contributed by atoms with E-state index in [-0.39, 0.29) is 11.5 Å². The normalized spacial score (nSPS) is 20.9. The van der Waals surface area contributed by atoms with E-state index in [9.17, 15) is 9.59 Å². The molecule has 3 rings (SSSR count). The minimum Gasteiger partial charge on any atom is -0.339 e. The lowest BCUT2D eigenvalue weighted by Crippen LogP contribution is -2.59. The highest BCUT2D eigenvalue weighted by Crippen LogP contribution is 2.18. The lowest BCUT2D eigenvalue weighted by Gasteiger charge is -2.45. The molecule has 0 radical (unpaired) electrons. The van der Waals surface area contributed by atoms with Gasteiger partial charge in [0.15, 0.2) is 0 Å². The standard InChI is InChI=1S/C22H32N4O2/c1-15-10-19-11-18(6-7-20(19)23-22(15)28)12-21(27)25-13-16(2)26(17(3)14-25)9-8-24(4)5/h6-7,10-11,16-17H,8-9,12-14H2,1-5H3,(H,23,28). The van der Waals surface area contributed by atoms with E-state index in [0.29, 0.717) is 24.1 Å². The maximum absolute atomic E-state index is 12.9. The average molecular weight is 385 g/mol. The van der Waals surface area contributed by atoms with Gasteiger partial charge < -0.3 is 14.8 Å². The van der Waals surface area contributed by atoms with Crippen LogP contribution in [0.4, 0.5) is 0 Å². The Kier molecular flexibility index (Phi) is 6.20. The zero-order valence-electron chi connectivity index (χ0n) is 17.7. The summed E-state index contributed by atoms with van der Waals surface area (Å²) in [4.78, 5) is 34.3. The SMILES string of the molecule is Cc1cc2cc(CC(=O)N3CC(C)N(CCN(C)C)C(C)C3)ccc2[nH]c1=O. The van der Waals surface area contributed by atoms with Gasteiger partial charge in [-0.15, -0.1) is 0 Å². The predicted molar refractivity (Wildman–Crippen MR) is 114 cm³/mol. The fourth-order valence-corrected chi connectivity index (χ4v) is 4.08. The van der Waals surface area contributed by atoms with Gasteiger partial charge in [-0.3, -0.25) is 14.5 Å². The highest BCUT2D eigenvalue weighted by molar-refractivity contribution is 5.83. The van der Waals surface area contributed by atoms with Crippen molar-refractivity contribution < 1.29 is 4.79 Å². The first kappa shape index (κ1) is 20.6. The lowest BCUT2D eigenvalue weighted by atomic mass is 10.0. The maximum atomic E-state index is 12.9. The Bertz CT molecular complexity index is 893. The van der Waals surface area contributed by atoms with Gasteiger partial charge in [0.25, 0.3) is 5.56 Å². The zero-order valence-corrected chi connectivity index (χ0v) is 17.7. The Hall–Kier alpha value is -2.18. The van der Waals surface area contributed by atoms with Gasteiger partial charge in [-0.25, -0.2) is 0 Å². The number of amides is 1. The van der Waals surface area contributed by atoms with Crippen molar-refractivity contribution in [3.63, 3.8) is 0 Å². The molecule has 0 bridgehead atoms. The summed E-state index contributed by atoms with van der Waals surface area (Å²) in [6.45, 7) is 9.82. The van der Waals surface area contributed by atoms with Crippen LogP contribution in [0.5, 0.6) is 0 Å². The van der Waals surface area contributed by atoms with Gasteiger partial charge in [0.2, 0.25) is 5.91 Å². The molecule has 1 amide bonds. The lowest BCUT2D eigenvalue weighted by molar-refractivity contribution is -0.134. The second-order valence-corrected chi connectivity index (χ2v) is 8.42. The van der Waals surface area contributed by atoms with E-state index in [1.165, 1.54) is 0 Å². The molecule has 1 aliphatic heterocycles. The molecule has 1 N–H and O–H groups in total. The third-order valence-electron chi connectivity index (χ3n) is 5.71. The number of pyridine rings is 1. The molecule has 0 saturated carbocycles. The van der Waals surface area contributed by atoms with E-state index in [4.69, 9.17) is 0 Å². The van der Waals surface area contributed by atoms with Crippen molar-refractivity contribution in [2.24, 2.45) is 0 Å². The van der Waals surface area contributed by atoms with Crippen LogP contribution in [0.25, 0.3) is 10.9 Å². The number of nitrogens with zero attached hydrogens (tertiary/aromatic N) is 3. The molecule has 1 saturated heterocycles. The molecule has 2 atom stereocenters. The Labute approximate surface area is 167 Å². The van der Waals surface area contributed by atoms with Crippen molar-refractivity contribution in [1.29, 1.82) is 0 Å². The van der Waals surface area contributed by atoms with Crippen LogP contribution in [0.15, 0.2) is 29.1 Å². The van der Waals surface area contributed by atoms with Crippen LogP contribution in [0.3, 0.4) is 0 Å². The van der Waals surface area contributed by atoms with Crippen LogP contribution in [-0.4, -0.2) is 77.9 Å². The summed E-state index contributed by atoms with van der Waals surface area (Å²) < 4.78 is 0. The minimum atomic E-state index is -0.0635. The first-order valence-corrected chi connectivity index (χ1v) is 10.1. The summed E-state index contributed by atoms with van der Waals surface area (Å²) >= 11 is 0. The molecule has 28 heavy (non-hydrogen) atoms. The van der Waals surface area contributed by atoms with Crippen molar-refractivity contribution in [3.05, 3.63) is 45.7 Å². The molecule has 0 aliphatic carbocycles. The van der Waals surface area contributed by atoms with Gasteiger partial charge in [0.05, 0.1) is 6.42 Å². The van der Waals surface area contributed by atoms with Crippen molar-refractivity contribution in [2.45, 2.75) is 39.3 Å². The third kappa shape index (κ3) is 4.62. The number of aryl methyl sites for hydroxylation is 1. The van der Waals surface area contributed by atoms with Crippen LogP contribution in [0.2, 0.25) is 0 Å². The van der Waals surface area contributed by atoms with Gasteiger partial charge in [-0.1, -0.05) is 6.07 Å². The summed E-state index contributed by atoms with van der Waals surface area (Å²) in [5.74, 6) is 0.173. The quantitative estimate of drug-likeness (QED) is 0.855. The average Bonchev–Trinajstić information content (AvgIpc) is 2.61. The number of nitrogens with one attached hydrogen (secondary N) is 1. The number of aromatic nitrogens is 1. The smallest absolute Gasteiger partial charge is 0.251 e. The molecule has 2 heterocycles. The topological polar surface area (TPSA) is 59.7 Å². The molecule has 1 aliphatic rings. The van der Waals surface area contributed by atoms with Crippen LogP contribution < -0.4 is 5.56 Å². The fourth-order valence-electron chi connectivity index (χ4n) is 4.08. The largest absolute Gasteiger partial charge is 0.339 e. The van der Waals surface area contributed by atoms with Gasteiger partial charge >= 0.3 is 0 Å². The molecule has 0 spiro atoms. The number of H-pyrrole nitrogens is 1. The molecule has 1 aromatic heterocycles. The molecule has 1 aromatic carbocycles. The van der Waals surface area contributed by atoms with Crippen molar-refractivity contribution in [3.8, 4) is 0 Å². The van der Waals surface area contributed by atoms with E-state index in [0.717, 1.165) is 42.6 Å². The molecule has 6 heteroatoms. The number of hydrogen-bond acceptors (Lipinski definition) is 4. The fraction of sp³-hybridized carbons (Fsp3) is 0.545. The van der Waals surface area contributed by atoms with E-state index in [1.807, 2.05) is 29.2 Å². The van der Waals surface area contributed by atoms with Crippen molar-refractivity contribution >= 4 is 16.8 Å². The summed E-state index contributed by atoms with van der Waals surface area (Å²) in [5.41, 5.74) is 2.42. The van der Waals surface area contributed by atoms with E-state index < -0.39 is 0 Å². The van der Waals surface area contributed by atoms with Crippen LogP contribution in [0, 0.1) is 6.92 Å². The van der Waals surface area contributed by atoms with Crippen molar-refractivity contribution in [1.82, 2.24) is 19.7 Å². The molecular weight excluding hydrogens is 352 g/mol. The zero-order chi connectivity index (χ0) is 20.4. The summed E-state index contributed by atoms with van der Waals surface area (Å²) in [6, 6.07) is 8.44. The van der Waals surface area contributed by atoms with Crippen molar-refractivity contribution in [2.75, 3.05) is 40.3 Å². The number of likely N-dealkylation sites (N-methyl/N-ethyl adjacent to an activating group) is 1. The van der Waals surface area contributed by atoms with E-state index in [1.54, 1.807) is 6.92 Å². The first-order valence-electron chi connectivity index (χ1n) is 10.1. The first-order chi connectivity index (χ1) is 13.2. The van der Waals surface area contributed by atoms with Gasteiger partial charge in [0, 0.05) is 49.3 Å². The minimum absolute atomic E-state index is 0.0635. The van der Waals surface area contributed by atoms with Crippen LogP contribution in [-0.2, 0) is 11.2 Å². The number of carbonyl (C=O) groups is 1. The van der Waals surface area contributed by atoms with E-state index in [2.05, 4.69) is 42.7 Å². The number of carbonyl (C=O) groups excluding carboxylic acids is 1. The second kappa shape index (κ2) is 8.45. The number of aromatic amines is 1.